The second-order valence-corrected chi connectivity index (χ2v) is 5.47. The number of aliphatic hydroxyl groups is 1. The maximum Gasteiger partial charge on any atom is 0.0782 e. The molecule has 0 aliphatic carbocycles. The Labute approximate surface area is 122 Å². The van der Waals surface area contributed by atoms with Crippen LogP contribution in [0.4, 0.5) is 5.69 Å². The van der Waals surface area contributed by atoms with Gasteiger partial charge in [0.25, 0.3) is 0 Å². The lowest BCUT2D eigenvalue weighted by molar-refractivity contribution is 0.199. The Hall–Kier alpha value is -1.39. The van der Waals surface area contributed by atoms with Crippen molar-refractivity contribution in [1.29, 1.82) is 0 Å². The Kier molecular flexibility index (Phi) is 4.56. The Morgan fingerprint density at radius 2 is 2.11 bits per heavy atom. The van der Waals surface area contributed by atoms with Gasteiger partial charge in [-0.25, -0.2) is 0 Å². The largest absolute Gasteiger partial charge is 0.389 e. The Morgan fingerprint density at radius 1 is 1.32 bits per heavy atom. The third kappa shape index (κ3) is 3.55. The van der Waals surface area contributed by atoms with Crippen LogP contribution in [-0.2, 0) is 6.54 Å². The first-order valence-corrected chi connectivity index (χ1v) is 6.96. The molecule has 1 N–H and O–H groups in total. The summed E-state index contributed by atoms with van der Waals surface area (Å²) in [6.07, 6.45) is 1.29. The highest BCUT2D eigenvalue weighted by molar-refractivity contribution is 9.10. The van der Waals surface area contributed by atoms with Gasteiger partial charge in [-0.2, -0.15) is 0 Å². The van der Waals surface area contributed by atoms with Crippen molar-refractivity contribution >= 4 is 21.6 Å². The molecular formula is C15H17BrN2O. The van der Waals surface area contributed by atoms with Crippen molar-refractivity contribution in [2.75, 3.05) is 11.9 Å². The van der Waals surface area contributed by atoms with E-state index in [1.165, 1.54) is 0 Å². The molecule has 0 spiro atoms. The summed E-state index contributed by atoms with van der Waals surface area (Å²) in [6.45, 7) is 2.49. The highest BCUT2D eigenvalue weighted by Gasteiger charge is 2.12. The topological polar surface area (TPSA) is 36.4 Å². The molecule has 0 saturated heterocycles. The molecule has 2 aromatic rings. The fourth-order valence-electron chi connectivity index (χ4n) is 2.03. The number of hydrogen-bond acceptors (Lipinski definition) is 3. The van der Waals surface area contributed by atoms with Crippen molar-refractivity contribution < 1.29 is 5.11 Å². The molecule has 0 radical (unpaired) electrons. The summed E-state index contributed by atoms with van der Waals surface area (Å²) in [5, 5.41) is 9.88. The highest BCUT2D eigenvalue weighted by Crippen LogP contribution is 2.29. The van der Waals surface area contributed by atoms with Crippen LogP contribution in [0.3, 0.4) is 0 Å². The van der Waals surface area contributed by atoms with E-state index in [1.54, 1.807) is 13.1 Å². The third-order valence-electron chi connectivity index (χ3n) is 2.98. The van der Waals surface area contributed by atoms with Crippen LogP contribution in [0.2, 0.25) is 0 Å². The maximum absolute atomic E-state index is 9.88. The molecule has 100 valence electrons. The van der Waals surface area contributed by atoms with Crippen molar-refractivity contribution in [3.63, 3.8) is 0 Å². The Balaban J connectivity index is 2.26. The number of aliphatic hydroxyl groups excluding tert-OH is 1. The van der Waals surface area contributed by atoms with Crippen LogP contribution < -0.4 is 4.90 Å². The van der Waals surface area contributed by atoms with Gasteiger partial charge in [-0.15, -0.1) is 0 Å². The van der Waals surface area contributed by atoms with Gasteiger partial charge in [0.1, 0.15) is 0 Å². The van der Waals surface area contributed by atoms with Crippen LogP contribution in [0, 0.1) is 0 Å². The number of hydrogen-bond donors (Lipinski definition) is 1. The molecule has 0 bridgehead atoms. The van der Waals surface area contributed by atoms with Crippen LogP contribution in [0.5, 0.6) is 0 Å². The summed E-state index contributed by atoms with van der Waals surface area (Å²) >= 11 is 3.44. The fraction of sp³-hybridized carbons (Fsp3) is 0.267. The zero-order valence-electron chi connectivity index (χ0n) is 11.0. The molecule has 1 unspecified atom stereocenters. The van der Waals surface area contributed by atoms with E-state index in [4.69, 9.17) is 0 Å². The second-order valence-electron chi connectivity index (χ2n) is 4.56. The lowest BCUT2D eigenvalue weighted by atomic mass is 10.1. The van der Waals surface area contributed by atoms with Gasteiger partial charge >= 0.3 is 0 Å². The van der Waals surface area contributed by atoms with Crippen LogP contribution >= 0.6 is 15.9 Å². The van der Waals surface area contributed by atoms with Crippen molar-refractivity contribution in [1.82, 2.24) is 4.98 Å². The van der Waals surface area contributed by atoms with Crippen molar-refractivity contribution in [3.05, 3.63) is 58.3 Å². The second kappa shape index (κ2) is 6.17. The van der Waals surface area contributed by atoms with Gasteiger partial charge in [-0.05, 0) is 37.3 Å². The minimum atomic E-state index is -0.501. The van der Waals surface area contributed by atoms with E-state index in [0.29, 0.717) is 6.54 Å². The number of anilines is 1. The molecule has 2 rings (SSSR count). The molecule has 0 aliphatic heterocycles. The van der Waals surface area contributed by atoms with Gasteiger partial charge in [-0.1, -0.05) is 22.0 Å². The lowest BCUT2D eigenvalue weighted by Crippen LogP contribution is -2.19. The molecule has 1 heterocycles. The number of nitrogens with zero attached hydrogens (tertiary/aromatic N) is 2. The first kappa shape index (κ1) is 14.0. The van der Waals surface area contributed by atoms with Crippen LogP contribution in [0.1, 0.15) is 24.3 Å². The fourth-order valence-corrected chi connectivity index (χ4v) is 2.41. The lowest BCUT2D eigenvalue weighted by Gasteiger charge is -2.23. The zero-order valence-corrected chi connectivity index (χ0v) is 12.6. The van der Waals surface area contributed by atoms with E-state index in [9.17, 15) is 5.11 Å². The van der Waals surface area contributed by atoms with Gasteiger partial charge in [0.15, 0.2) is 0 Å². The van der Waals surface area contributed by atoms with E-state index >= 15 is 0 Å². The van der Waals surface area contributed by atoms with Crippen molar-refractivity contribution in [2.24, 2.45) is 0 Å². The normalized spacial score (nSPS) is 12.2. The summed E-state index contributed by atoms with van der Waals surface area (Å²) in [5.74, 6) is 0. The molecular weight excluding hydrogens is 304 g/mol. The van der Waals surface area contributed by atoms with Gasteiger partial charge in [-0.3, -0.25) is 4.98 Å². The monoisotopic (exact) mass is 320 g/mol. The number of benzene rings is 1. The SMILES string of the molecule is CC(O)c1cc(Br)ccc1N(C)Cc1ccccn1. The summed E-state index contributed by atoms with van der Waals surface area (Å²) in [6, 6.07) is 11.8. The molecule has 1 aromatic carbocycles. The summed E-state index contributed by atoms with van der Waals surface area (Å²) in [5.41, 5.74) is 2.93. The standard InChI is InChI=1S/C15H17BrN2O/c1-11(19)14-9-12(16)6-7-15(14)18(2)10-13-5-3-4-8-17-13/h3-9,11,19H,10H2,1-2H3. The molecule has 1 atom stereocenters. The zero-order chi connectivity index (χ0) is 13.8. The smallest absolute Gasteiger partial charge is 0.0782 e. The van der Waals surface area contributed by atoms with Crippen molar-refractivity contribution in [2.45, 2.75) is 19.6 Å². The van der Waals surface area contributed by atoms with Crippen LogP contribution in [-0.4, -0.2) is 17.1 Å². The van der Waals surface area contributed by atoms with E-state index in [2.05, 4.69) is 25.8 Å². The summed E-state index contributed by atoms with van der Waals surface area (Å²) < 4.78 is 0.971. The molecule has 0 amide bonds. The van der Waals surface area contributed by atoms with Gasteiger partial charge in [0, 0.05) is 29.0 Å². The van der Waals surface area contributed by atoms with E-state index in [1.807, 2.05) is 43.4 Å². The minimum absolute atomic E-state index is 0.501. The first-order valence-electron chi connectivity index (χ1n) is 6.16. The number of halogens is 1. The van der Waals surface area contributed by atoms with Crippen LogP contribution in [0.15, 0.2) is 47.1 Å². The minimum Gasteiger partial charge on any atom is -0.389 e. The average molecular weight is 321 g/mol. The average Bonchev–Trinajstić information content (AvgIpc) is 2.39. The van der Waals surface area contributed by atoms with Gasteiger partial charge in [0.2, 0.25) is 0 Å². The predicted molar refractivity (Wildman–Crippen MR) is 81.1 cm³/mol. The molecule has 19 heavy (non-hydrogen) atoms. The number of pyridine rings is 1. The van der Waals surface area contributed by atoms with Crippen LogP contribution in [0.25, 0.3) is 0 Å². The highest BCUT2D eigenvalue weighted by atomic mass is 79.9. The van der Waals surface area contributed by atoms with E-state index in [0.717, 1.165) is 21.4 Å². The van der Waals surface area contributed by atoms with Gasteiger partial charge in [0.05, 0.1) is 18.3 Å². The predicted octanol–water partition coefficient (Wildman–Crippen LogP) is 3.53. The quantitative estimate of drug-likeness (QED) is 0.936. The molecule has 0 saturated carbocycles. The summed E-state index contributed by atoms with van der Waals surface area (Å²) in [7, 11) is 2.00. The summed E-state index contributed by atoms with van der Waals surface area (Å²) in [4.78, 5) is 6.42. The maximum atomic E-state index is 9.88. The first-order chi connectivity index (χ1) is 9.08. The number of rotatable bonds is 4. The molecule has 0 fully saturated rings. The Morgan fingerprint density at radius 3 is 2.74 bits per heavy atom. The molecule has 1 aromatic heterocycles. The van der Waals surface area contributed by atoms with E-state index in [-0.39, 0.29) is 0 Å². The molecule has 3 nitrogen and oxygen atoms in total. The van der Waals surface area contributed by atoms with E-state index < -0.39 is 6.10 Å². The van der Waals surface area contributed by atoms with Crippen molar-refractivity contribution in [3.8, 4) is 0 Å². The third-order valence-corrected chi connectivity index (χ3v) is 3.47. The number of aromatic nitrogens is 1. The molecule has 4 heteroatoms. The Bertz CT molecular complexity index is 543. The van der Waals surface area contributed by atoms with Gasteiger partial charge < -0.3 is 10.0 Å². The molecule has 0 aliphatic rings.